The van der Waals surface area contributed by atoms with Gasteiger partial charge in [-0.05, 0) is 12.5 Å². The maximum Gasteiger partial charge on any atom is 0.165 e. The molecule has 0 saturated carbocycles. The Bertz CT molecular complexity index is 422. The molecule has 0 amide bonds. The van der Waals surface area contributed by atoms with Gasteiger partial charge in [-0.1, -0.05) is 41.6 Å². The lowest BCUT2D eigenvalue weighted by atomic mass is 10.1. The van der Waals surface area contributed by atoms with Crippen molar-refractivity contribution in [2.75, 3.05) is 5.75 Å². The molecule has 16 heavy (non-hydrogen) atoms. The van der Waals surface area contributed by atoms with Crippen LogP contribution in [0.1, 0.15) is 17.2 Å². The number of H-pyrrole nitrogens is 1. The van der Waals surface area contributed by atoms with Crippen LogP contribution >= 0.6 is 11.8 Å². The predicted molar refractivity (Wildman–Crippen MR) is 67.4 cm³/mol. The van der Waals surface area contributed by atoms with Crippen molar-refractivity contribution < 1.29 is 0 Å². The highest BCUT2D eigenvalue weighted by Crippen LogP contribution is 2.20. The smallest absolute Gasteiger partial charge is 0.165 e. The van der Waals surface area contributed by atoms with Crippen molar-refractivity contribution in [3.63, 3.8) is 0 Å². The van der Waals surface area contributed by atoms with Crippen LogP contribution in [0.3, 0.4) is 0 Å². The zero-order valence-electron chi connectivity index (χ0n) is 9.18. The van der Waals surface area contributed by atoms with E-state index in [1.165, 1.54) is 11.1 Å². The fourth-order valence-electron chi connectivity index (χ4n) is 1.41. The second kappa shape index (κ2) is 5.18. The lowest BCUT2D eigenvalue weighted by molar-refractivity contribution is 0.828. The molecule has 0 spiro atoms. The van der Waals surface area contributed by atoms with Crippen molar-refractivity contribution in [2.45, 2.75) is 18.1 Å². The number of aryl methyl sites for hydroxylation is 1. The molecule has 2 aromatic rings. The Balaban J connectivity index is 1.93. The number of benzene rings is 1. The predicted octanol–water partition coefficient (Wildman–Crippen LogP) is 2.51. The third kappa shape index (κ3) is 2.87. The Morgan fingerprint density at radius 3 is 2.75 bits per heavy atom. The molecule has 0 aliphatic rings. The highest BCUT2D eigenvalue weighted by molar-refractivity contribution is 7.99. The summed E-state index contributed by atoms with van der Waals surface area (Å²) in [6, 6.07) is 8.40. The summed E-state index contributed by atoms with van der Waals surface area (Å²) in [7, 11) is 0. The molecule has 3 N–H and O–H groups in total. The van der Waals surface area contributed by atoms with E-state index in [0.29, 0.717) is 0 Å². The molecule has 84 valence electrons. The molecule has 0 fully saturated rings. The van der Waals surface area contributed by atoms with Crippen molar-refractivity contribution in [2.24, 2.45) is 5.73 Å². The first-order valence-corrected chi connectivity index (χ1v) is 6.18. The Hall–Kier alpha value is -1.26. The molecular formula is C12H15N3S. The number of nitrogens with zero attached hydrogens (tertiary/aromatic N) is 1. The molecule has 0 aliphatic carbocycles. The van der Waals surface area contributed by atoms with E-state index in [9.17, 15) is 0 Å². The van der Waals surface area contributed by atoms with Gasteiger partial charge in [0.05, 0.1) is 0 Å². The first-order valence-electron chi connectivity index (χ1n) is 5.20. The summed E-state index contributed by atoms with van der Waals surface area (Å²) in [5.74, 6) is 0.830. The van der Waals surface area contributed by atoms with E-state index in [-0.39, 0.29) is 6.04 Å². The molecule has 3 nitrogen and oxygen atoms in total. The summed E-state index contributed by atoms with van der Waals surface area (Å²) >= 11 is 1.64. The third-order valence-electron chi connectivity index (χ3n) is 2.38. The number of nitrogens with two attached hydrogens (primary N) is 1. The van der Waals surface area contributed by atoms with Crippen LogP contribution in [0.5, 0.6) is 0 Å². The molecule has 1 aromatic heterocycles. The van der Waals surface area contributed by atoms with E-state index in [0.717, 1.165) is 10.9 Å². The number of thioether (sulfide) groups is 1. The molecule has 1 heterocycles. The van der Waals surface area contributed by atoms with Crippen molar-refractivity contribution >= 4 is 11.8 Å². The molecule has 2 rings (SSSR count). The average Bonchev–Trinajstić information content (AvgIpc) is 2.80. The van der Waals surface area contributed by atoms with Crippen molar-refractivity contribution in [1.82, 2.24) is 9.97 Å². The van der Waals surface area contributed by atoms with E-state index < -0.39 is 0 Å². The van der Waals surface area contributed by atoms with Crippen LogP contribution in [-0.4, -0.2) is 15.7 Å². The van der Waals surface area contributed by atoms with Gasteiger partial charge in [0.2, 0.25) is 0 Å². The molecule has 1 unspecified atom stereocenters. The maximum atomic E-state index is 6.10. The monoisotopic (exact) mass is 233 g/mol. The van der Waals surface area contributed by atoms with Gasteiger partial charge in [0.25, 0.3) is 0 Å². The van der Waals surface area contributed by atoms with Crippen molar-refractivity contribution in [1.29, 1.82) is 0 Å². The molecule has 1 aromatic carbocycles. The lowest BCUT2D eigenvalue weighted by Crippen LogP contribution is -2.12. The van der Waals surface area contributed by atoms with Crippen LogP contribution < -0.4 is 5.73 Å². The average molecular weight is 233 g/mol. The van der Waals surface area contributed by atoms with E-state index in [1.54, 1.807) is 18.0 Å². The van der Waals surface area contributed by atoms with E-state index in [2.05, 4.69) is 41.2 Å². The van der Waals surface area contributed by atoms with Gasteiger partial charge < -0.3 is 10.7 Å². The van der Waals surface area contributed by atoms with Crippen LogP contribution in [-0.2, 0) is 0 Å². The minimum atomic E-state index is 0.0516. The summed E-state index contributed by atoms with van der Waals surface area (Å²) in [5.41, 5.74) is 8.53. The van der Waals surface area contributed by atoms with Crippen LogP contribution in [0.2, 0.25) is 0 Å². The number of rotatable bonds is 4. The number of aromatic amines is 1. The number of hydrogen-bond donors (Lipinski definition) is 2. The molecule has 0 aliphatic heterocycles. The van der Waals surface area contributed by atoms with Gasteiger partial charge in [-0.25, -0.2) is 4.98 Å². The van der Waals surface area contributed by atoms with Crippen LogP contribution in [0.15, 0.2) is 41.8 Å². The number of nitrogens with one attached hydrogen (secondary N) is 1. The molecule has 0 saturated heterocycles. The van der Waals surface area contributed by atoms with Gasteiger partial charge in [0.15, 0.2) is 5.16 Å². The third-order valence-corrected chi connectivity index (χ3v) is 3.40. The molecule has 0 bridgehead atoms. The number of hydrogen-bond acceptors (Lipinski definition) is 3. The van der Waals surface area contributed by atoms with E-state index >= 15 is 0 Å². The minimum absolute atomic E-state index is 0.0516. The largest absolute Gasteiger partial charge is 0.340 e. The zero-order valence-corrected chi connectivity index (χ0v) is 10.00. The SMILES string of the molecule is Cc1ccc(C(N)CSc2ncc[nH]2)cc1. The van der Waals surface area contributed by atoms with Crippen molar-refractivity contribution in [3.05, 3.63) is 47.8 Å². The van der Waals surface area contributed by atoms with E-state index in [1.807, 2.05) is 6.20 Å². The summed E-state index contributed by atoms with van der Waals surface area (Å²) in [4.78, 5) is 7.20. The lowest BCUT2D eigenvalue weighted by Gasteiger charge is -2.10. The molecular weight excluding hydrogens is 218 g/mol. The highest BCUT2D eigenvalue weighted by atomic mass is 32.2. The van der Waals surface area contributed by atoms with Gasteiger partial charge in [0, 0.05) is 24.2 Å². The Morgan fingerprint density at radius 2 is 2.12 bits per heavy atom. The van der Waals surface area contributed by atoms with Gasteiger partial charge in [-0.2, -0.15) is 0 Å². The fraction of sp³-hybridized carbons (Fsp3) is 0.250. The van der Waals surface area contributed by atoms with Gasteiger partial charge in [-0.15, -0.1) is 0 Å². The first-order chi connectivity index (χ1) is 7.75. The van der Waals surface area contributed by atoms with Crippen molar-refractivity contribution in [3.8, 4) is 0 Å². The second-order valence-electron chi connectivity index (χ2n) is 3.72. The first kappa shape index (κ1) is 11.2. The Kier molecular flexibility index (Phi) is 3.64. The number of aromatic nitrogens is 2. The normalized spacial score (nSPS) is 12.6. The fourth-order valence-corrected chi connectivity index (χ4v) is 2.22. The molecule has 4 heteroatoms. The Morgan fingerprint density at radius 1 is 1.38 bits per heavy atom. The van der Waals surface area contributed by atoms with Gasteiger partial charge in [-0.3, -0.25) is 0 Å². The second-order valence-corrected chi connectivity index (χ2v) is 4.73. The van der Waals surface area contributed by atoms with Gasteiger partial charge in [0.1, 0.15) is 0 Å². The molecule has 1 atom stereocenters. The maximum absolute atomic E-state index is 6.10. The highest BCUT2D eigenvalue weighted by Gasteiger charge is 2.07. The van der Waals surface area contributed by atoms with E-state index in [4.69, 9.17) is 5.73 Å². The molecule has 0 radical (unpaired) electrons. The van der Waals surface area contributed by atoms with Gasteiger partial charge >= 0.3 is 0 Å². The quantitative estimate of drug-likeness (QED) is 0.798. The van der Waals surface area contributed by atoms with Crippen LogP contribution in [0.4, 0.5) is 0 Å². The standard InChI is InChI=1S/C12H15N3S/c1-9-2-4-10(5-3-9)11(13)8-16-12-14-6-7-15-12/h2-7,11H,8,13H2,1H3,(H,14,15). The Labute approximate surface area is 99.5 Å². The number of imidazole rings is 1. The summed E-state index contributed by atoms with van der Waals surface area (Å²) in [6.07, 6.45) is 3.57. The van der Waals surface area contributed by atoms with Crippen LogP contribution in [0, 0.1) is 6.92 Å². The summed E-state index contributed by atoms with van der Waals surface area (Å²) < 4.78 is 0. The topological polar surface area (TPSA) is 54.7 Å². The summed E-state index contributed by atoms with van der Waals surface area (Å²) in [5, 5.41) is 0.919. The van der Waals surface area contributed by atoms with Crippen LogP contribution in [0.25, 0.3) is 0 Å². The minimum Gasteiger partial charge on any atom is -0.340 e. The zero-order chi connectivity index (χ0) is 11.4. The summed E-state index contributed by atoms with van der Waals surface area (Å²) in [6.45, 7) is 2.08.